The summed E-state index contributed by atoms with van der Waals surface area (Å²) >= 11 is 0. The fourth-order valence-electron chi connectivity index (χ4n) is 1.84. The molecule has 2 amide bonds. The number of hydrogen-bond donors (Lipinski definition) is 2. The van der Waals surface area contributed by atoms with Crippen LogP contribution in [0.4, 0.5) is 0 Å². The van der Waals surface area contributed by atoms with Crippen LogP contribution in [-0.4, -0.2) is 43.6 Å². The molecule has 0 aliphatic heterocycles. The van der Waals surface area contributed by atoms with E-state index < -0.39 is 18.0 Å². The molecule has 1 aliphatic rings. The predicted molar refractivity (Wildman–Crippen MR) is 82.0 cm³/mol. The summed E-state index contributed by atoms with van der Waals surface area (Å²) in [6, 6.07) is 6.68. The molecular weight excluding hydrogens is 300 g/mol. The van der Waals surface area contributed by atoms with Gasteiger partial charge in [0.25, 0.3) is 11.8 Å². The van der Waals surface area contributed by atoms with E-state index in [0.29, 0.717) is 11.3 Å². The highest BCUT2D eigenvalue weighted by molar-refractivity contribution is 5.96. The van der Waals surface area contributed by atoms with Gasteiger partial charge in [-0.2, -0.15) is 0 Å². The predicted octanol–water partition coefficient (Wildman–Crippen LogP) is 0.635. The minimum Gasteiger partial charge on any atom is -0.497 e. The van der Waals surface area contributed by atoms with Crippen molar-refractivity contribution in [3.8, 4) is 5.75 Å². The largest absolute Gasteiger partial charge is 0.497 e. The lowest BCUT2D eigenvalue weighted by atomic mass is 10.2. The van der Waals surface area contributed by atoms with Gasteiger partial charge in [0, 0.05) is 11.6 Å². The Hall–Kier alpha value is -2.57. The highest BCUT2D eigenvalue weighted by Gasteiger charge is 2.27. The normalized spacial score (nSPS) is 14.5. The van der Waals surface area contributed by atoms with Gasteiger partial charge >= 0.3 is 5.97 Å². The Kier molecular flexibility index (Phi) is 5.56. The van der Waals surface area contributed by atoms with Crippen molar-refractivity contribution in [3.05, 3.63) is 29.8 Å². The van der Waals surface area contributed by atoms with Crippen molar-refractivity contribution in [2.75, 3.05) is 13.7 Å². The molecule has 1 aliphatic carbocycles. The van der Waals surface area contributed by atoms with E-state index in [1.54, 1.807) is 24.3 Å². The molecule has 124 valence electrons. The van der Waals surface area contributed by atoms with Gasteiger partial charge in [-0.15, -0.1) is 0 Å². The van der Waals surface area contributed by atoms with Crippen molar-refractivity contribution in [1.29, 1.82) is 0 Å². The van der Waals surface area contributed by atoms with E-state index in [1.165, 1.54) is 14.0 Å². The third kappa shape index (κ3) is 5.28. The Morgan fingerprint density at radius 1 is 1.22 bits per heavy atom. The molecule has 0 radical (unpaired) electrons. The first-order valence-corrected chi connectivity index (χ1v) is 7.41. The third-order valence-electron chi connectivity index (χ3n) is 3.35. The molecule has 0 heterocycles. The van der Waals surface area contributed by atoms with E-state index in [2.05, 4.69) is 10.6 Å². The number of carbonyl (C=O) groups excluding carboxylic acids is 3. The summed E-state index contributed by atoms with van der Waals surface area (Å²) in [5.74, 6) is -0.746. The molecule has 1 unspecified atom stereocenters. The van der Waals surface area contributed by atoms with E-state index in [9.17, 15) is 14.4 Å². The molecule has 1 atom stereocenters. The van der Waals surface area contributed by atoms with Crippen molar-refractivity contribution >= 4 is 17.8 Å². The van der Waals surface area contributed by atoms with Crippen molar-refractivity contribution in [1.82, 2.24) is 10.6 Å². The number of esters is 1. The van der Waals surface area contributed by atoms with Crippen molar-refractivity contribution in [3.63, 3.8) is 0 Å². The van der Waals surface area contributed by atoms with Crippen LogP contribution >= 0.6 is 0 Å². The SMILES string of the molecule is COc1ccc(C(=O)NCC(=O)OC(C)C(=O)NC2CC2)cc1. The summed E-state index contributed by atoms with van der Waals surface area (Å²) in [7, 11) is 1.53. The summed E-state index contributed by atoms with van der Waals surface area (Å²) < 4.78 is 9.98. The molecule has 2 N–H and O–H groups in total. The van der Waals surface area contributed by atoms with Crippen molar-refractivity contribution in [2.24, 2.45) is 0 Å². The van der Waals surface area contributed by atoms with Gasteiger partial charge in [-0.05, 0) is 44.0 Å². The molecule has 2 rings (SSSR count). The van der Waals surface area contributed by atoms with E-state index in [0.717, 1.165) is 12.8 Å². The highest BCUT2D eigenvalue weighted by atomic mass is 16.5. The number of hydrogen-bond acceptors (Lipinski definition) is 5. The monoisotopic (exact) mass is 320 g/mol. The standard InChI is InChI=1S/C16H20N2O5/c1-10(15(20)18-12-5-6-12)23-14(19)9-17-16(21)11-3-7-13(22-2)8-4-11/h3-4,7-8,10,12H,5-6,9H2,1-2H3,(H,17,21)(H,18,20). The first-order chi connectivity index (χ1) is 11.0. The quantitative estimate of drug-likeness (QED) is 0.719. The highest BCUT2D eigenvalue weighted by Crippen LogP contribution is 2.18. The summed E-state index contributed by atoms with van der Waals surface area (Å²) in [4.78, 5) is 35.2. The summed E-state index contributed by atoms with van der Waals surface area (Å²) in [5, 5.41) is 5.19. The summed E-state index contributed by atoms with van der Waals surface area (Å²) in [6.45, 7) is 1.20. The molecule has 1 aromatic rings. The van der Waals surface area contributed by atoms with E-state index in [-0.39, 0.29) is 18.5 Å². The Morgan fingerprint density at radius 3 is 2.43 bits per heavy atom. The fourth-order valence-corrected chi connectivity index (χ4v) is 1.84. The second-order valence-electron chi connectivity index (χ2n) is 5.33. The van der Waals surface area contributed by atoms with Gasteiger partial charge in [0.2, 0.25) is 0 Å². The Labute approximate surface area is 134 Å². The Bertz CT molecular complexity index is 581. The number of amides is 2. The number of ether oxygens (including phenoxy) is 2. The molecule has 0 bridgehead atoms. The van der Waals surface area contributed by atoms with Gasteiger partial charge in [0.15, 0.2) is 6.10 Å². The van der Waals surface area contributed by atoms with Gasteiger partial charge in [-0.1, -0.05) is 0 Å². The lowest BCUT2D eigenvalue weighted by Crippen LogP contribution is -2.39. The molecule has 7 heteroatoms. The number of methoxy groups -OCH3 is 1. The van der Waals surface area contributed by atoms with Crippen LogP contribution in [0.5, 0.6) is 5.75 Å². The van der Waals surface area contributed by atoms with Gasteiger partial charge in [0.05, 0.1) is 7.11 Å². The summed E-state index contributed by atoms with van der Waals surface area (Å²) in [5.41, 5.74) is 0.401. The first kappa shape index (κ1) is 16.8. The average Bonchev–Trinajstić information content (AvgIpc) is 3.36. The van der Waals surface area contributed by atoms with Gasteiger partial charge in [0.1, 0.15) is 12.3 Å². The number of nitrogens with one attached hydrogen (secondary N) is 2. The van der Waals surface area contributed by atoms with E-state index in [4.69, 9.17) is 9.47 Å². The fraction of sp³-hybridized carbons (Fsp3) is 0.438. The minimum atomic E-state index is -0.874. The smallest absolute Gasteiger partial charge is 0.326 e. The number of carbonyl (C=O) groups is 3. The average molecular weight is 320 g/mol. The van der Waals surface area contributed by atoms with Crippen LogP contribution in [0, 0.1) is 0 Å². The molecule has 23 heavy (non-hydrogen) atoms. The van der Waals surface area contributed by atoms with Crippen LogP contribution in [0.2, 0.25) is 0 Å². The maximum Gasteiger partial charge on any atom is 0.326 e. The van der Waals surface area contributed by atoms with Crippen LogP contribution in [0.1, 0.15) is 30.1 Å². The van der Waals surface area contributed by atoms with Crippen molar-refractivity contribution < 1.29 is 23.9 Å². The molecule has 7 nitrogen and oxygen atoms in total. The van der Waals surface area contributed by atoms with Crippen LogP contribution in [0.15, 0.2) is 24.3 Å². The third-order valence-corrected chi connectivity index (χ3v) is 3.35. The van der Waals surface area contributed by atoms with E-state index >= 15 is 0 Å². The second kappa shape index (κ2) is 7.62. The molecular formula is C16H20N2O5. The topological polar surface area (TPSA) is 93.7 Å². The lowest BCUT2D eigenvalue weighted by molar-refractivity contribution is -0.153. The van der Waals surface area contributed by atoms with Crippen LogP contribution in [0.3, 0.4) is 0 Å². The number of benzene rings is 1. The Balaban J connectivity index is 1.73. The van der Waals surface area contributed by atoms with Gasteiger partial charge in [-0.25, -0.2) is 0 Å². The second-order valence-corrected chi connectivity index (χ2v) is 5.33. The summed E-state index contributed by atoms with van der Waals surface area (Å²) in [6.07, 6.45) is 1.05. The minimum absolute atomic E-state index is 0.207. The lowest BCUT2D eigenvalue weighted by Gasteiger charge is -2.13. The molecule has 0 saturated heterocycles. The zero-order valence-electron chi connectivity index (χ0n) is 13.1. The number of rotatable bonds is 7. The first-order valence-electron chi connectivity index (χ1n) is 7.41. The van der Waals surface area contributed by atoms with Crippen molar-refractivity contribution in [2.45, 2.75) is 31.9 Å². The zero-order valence-corrected chi connectivity index (χ0v) is 13.1. The molecule has 1 saturated carbocycles. The van der Waals surface area contributed by atoms with Crippen LogP contribution in [-0.2, 0) is 14.3 Å². The maximum absolute atomic E-state index is 11.9. The zero-order chi connectivity index (χ0) is 16.8. The molecule has 1 fully saturated rings. The molecule has 1 aromatic carbocycles. The molecule has 0 spiro atoms. The molecule has 0 aromatic heterocycles. The van der Waals surface area contributed by atoms with Gasteiger partial charge < -0.3 is 20.1 Å². The van der Waals surface area contributed by atoms with E-state index in [1.807, 2.05) is 0 Å². The van der Waals surface area contributed by atoms with Crippen LogP contribution < -0.4 is 15.4 Å². The maximum atomic E-state index is 11.9. The Morgan fingerprint density at radius 2 is 1.87 bits per heavy atom. The van der Waals surface area contributed by atoms with Gasteiger partial charge in [-0.3, -0.25) is 14.4 Å². The van der Waals surface area contributed by atoms with Crippen LogP contribution in [0.25, 0.3) is 0 Å².